The Morgan fingerprint density at radius 1 is 1.10 bits per heavy atom. The summed E-state index contributed by atoms with van der Waals surface area (Å²) in [4.78, 5) is 2.17. The number of benzene rings is 2. The van der Waals surface area contributed by atoms with Gasteiger partial charge < -0.3 is 10.6 Å². The van der Waals surface area contributed by atoms with Gasteiger partial charge >= 0.3 is 0 Å². The van der Waals surface area contributed by atoms with Crippen molar-refractivity contribution in [3.8, 4) is 0 Å². The molecule has 0 heterocycles. The molecule has 0 radical (unpaired) electrons. The van der Waals surface area contributed by atoms with Gasteiger partial charge in [-0.3, -0.25) is 0 Å². The molecule has 0 saturated carbocycles. The van der Waals surface area contributed by atoms with Crippen LogP contribution in [0.5, 0.6) is 0 Å². The predicted molar refractivity (Wildman–Crippen MR) is 87.1 cm³/mol. The van der Waals surface area contributed by atoms with Crippen LogP contribution in [0, 0.1) is 19.7 Å². The molecule has 3 heteroatoms. The fourth-order valence-electron chi connectivity index (χ4n) is 2.27. The molecular weight excluding hydrogens is 263 g/mol. The van der Waals surface area contributed by atoms with Gasteiger partial charge in [-0.1, -0.05) is 29.8 Å². The Morgan fingerprint density at radius 3 is 2.38 bits per heavy atom. The molecule has 0 aliphatic carbocycles. The lowest BCUT2D eigenvalue weighted by Gasteiger charge is -2.22. The third kappa shape index (κ3) is 4.05. The first kappa shape index (κ1) is 15.5. The maximum absolute atomic E-state index is 13.6. The first-order chi connectivity index (χ1) is 9.97. The number of aryl methyl sites for hydroxylation is 2. The number of hydrogen-bond donors (Lipinski definition) is 1. The van der Waals surface area contributed by atoms with Gasteiger partial charge in [0.2, 0.25) is 0 Å². The van der Waals surface area contributed by atoms with E-state index in [0.29, 0.717) is 5.56 Å². The summed E-state index contributed by atoms with van der Waals surface area (Å²) in [6.07, 6.45) is 0.785. The van der Waals surface area contributed by atoms with Crippen molar-refractivity contribution in [3.63, 3.8) is 0 Å². The van der Waals surface area contributed by atoms with Gasteiger partial charge in [0.05, 0.1) is 0 Å². The topological polar surface area (TPSA) is 29.3 Å². The highest BCUT2D eigenvalue weighted by molar-refractivity contribution is 5.46. The number of nitrogens with two attached hydrogens (primary N) is 1. The van der Waals surface area contributed by atoms with Crippen LogP contribution in [0.4, 0.5) is 10.1 Å². The lowest BCUT2D eigenvalue weighted by atomic mass is 10.0. The highest BCUT2D eigenvalue weighted by Gasteiger charge is 2.10. The van der Waals surface area contributed by atoms with E-state index in [1.807, 2.05) is 13.1 Å². The molecular formula is C18H23FN2. The quantitative estimate of drug-likeness (QED) is 0.901. The SMILES string of the molecule is Cc1ccc(N(C)CCC(N)c2ccc(C)c(F)c2)cc1. The monoisotopic (exact) mass is 286 g/mol. The third-order valence-electron chi connectivity index (χ3n) is 3.87. The van der Waals surface area contributed by atoms with Crippen molar-refractivity contribution in [2.45, 2.75) is 26.3 Å². The molecule has 2 N–H and O–H groups in total. The van der Waals surface area contributed by atoms with Crippen LogP contribution in [0.25, 0.3) is 0 Å². The molecule has 0 aliphatic rings. The Hall–Kier alpha value is -1.87. The largest absolute Gasteiger partial charge is 0.375 e. The summed E-state index contributed by atoms with van der Waals surface area (Å²) in [6, 6.07) is 13.5. The number of anilines is 1. The second kappa shape index (κ2) is 6.72. The van der Waals surface area contributed by atoms with Gasteiger partial charge in [0.25, 0.3) is 0 Å². The smallest absolute Gasteiger partial charge is 0.126 e. The molecule has 0 amide bonds. The molecule has 0 bridgehead atoms. The second-order valence-corrected chi connectivity index (χ2v) is 5.66. The molecule has 1 atom stereocenters. The van der Waals surface area contributed by atoms with E-state index in [4.69, 9.17) is 5.73 Å². The van der Waals surface area contributed by atoms with Crippen LogP contribution in [0.3, 0.4) is 0 Å². The van der Waals surface area contributed by atoms with Crippen molar-refractivity contribution in [1.82, 2.24) is 0 Å². The van der Waals surface area contributed by atoms with Crippen LogP contribution in [-0.4, -0.2) is 13.6 Å². The summed E-state index contributed by atoms with van der Waals surface area (Å²) in [5, 5.41) is 0. The highest BCUT2D eigenvalue weighted by atomic mass is 19.1. The van der Waals surface area contributed by atoms with Gasteiger partial charge in [-0.05, 0) is 49.6 Å². The van der Waals surface area contributed by atoms with E-state index in [1.165, 1.54) is 11.3 Å². The molecule has 2 rings (SSSR count). The predicted octanol–water partition coefficient (Wildman–Crippen LogP) is 3.97. The molecule has 2 nitrogen and oxygen atoms in total. The van der Waals surface area contributed by atoms with Crippen LogP contribution < -0.4 is 10.6 Å². The van der Waals surface area contributed by atoms with E-state index in [-0.39, 0.29) is 11.9 Å². The Morgan fingerprint density at radius 2 is 1.76 bits per heavy atom. The number of rotatable bonds is 5. The van der Waals surface area contributed by atoms with E-state index in [1.54, 1.807) is 19.1 Å². The van der Waals surface area contributed by atoms with Crippen molar-refractivity contribution in [3.05, 3.63) is 65.0 Å². The summed E-state index contributed by atoms with van der Waals surface area (Å²) in [6.45, 7) is 4.67. The fourth-order valence-corrected chi connectivity index (χ4v) is 2.27. The lowest BCUT2D eigenvalue weighted by molar-refractivity contribution is 0.601. The van der Waals surface area contributed by atoms with E-state index in [0.717, 1.165) is 18.5 Å². The third-order valence-corrected chi connectivity index (χ3v) is 3.87. The number of hydrogen-bond acceptors (Lipinski definition) is 2. The standard InChI is InChI=1S/C18H23FN2/c1-13-4-8-16(9-5-13)21(3)11-10-18(20)15-7-6-14(2)17(19)12-15/h4-9,12,18H,10-11,20H2,1-3H3. The Bertz CT molecular complexity index is 593. The molecule has 1 unspecified atom stereocenters. The maximum atomic E-state index is 13.6. The Kier molecular flexibility index (Phi) is 4.97. The first-order valence-electron chi connectivity index (χ1n) is 7.27. The maximum Gasteiger partial charge on any atom is 0.126 e. The average molecular weight is 286 g/mol. The fraction of sp³-hybridized carbons (Fsp3) is 0.333. The zero-order valence-electron chi connectivity index (χ0n) is 12.9. The summed E-state index contributed by atoms with van der Waals surface area (Å²) in [5.41, 5.74) is 10.1. The second-order valence-electron chi connectivity index (χ2n) is 5.66. The van der Waals surface area contributed by atoms with Gasteiger partial charge in [-0.25, -0.2) is 4.39 Å². The molecule has 2 aromatic carbocycles. The van der Waals surface area contributed by atoms with Crippen LogP contribution >= 0.6 is 0 Å². The van der Waals surface area contributed by atoms with Crippen molar-refractivity contribution >= 4 is 5.69 Å². The minimum atomic E-state index is -0.185. The van der Waals surface area contributed by atoms with Crippen LogP contribution in [-0.2, 0) is 0 Å². The lowest BCUT2D eigenvalue weighted by Crippen LogP contribution is -2.23. The van der Waals surface area contributed by atoms with Crippen LogP contribution in [0.2, 0.25) is 0 Å². The van der Waals surface area contributed by atoms with Gasteiger partial charge in [0, 0.05) is 25.3 Å². The van der Waals surface area contributed by atoms with Gasteiger partial charge in [0.1, 0.15) is 5.82 Å². The minimum absolute atomic E-state index is 0.145. The molecule has 0 aromatic heterocycles. The molecule has 112 valence electrons. The van der Waals surface area contributed by atoms with Gasteiger partial charge in [0.15, 0.2) is 0 Å². The Labute approximate surface area is 126 Å². The van der Waals surface area contributed by atoms with Gasteiger partial charge in [-0.15, -0.1) is 0 Å². The zero-order valence-corrected chi connectivity index (χ0v) is 12.9. The molecule has 0 saturated heterocycles. The molecule has 0 spiro atoms. The summed E-state index contributed by atoms with van der Waals surface area (Å²) >= 11 is 0. The molecule has 21 heavy (non-hydrogen) atoms. The summed E-state index contributed by atoms with van der Waals surface area (Å²) < 4.78 is 13.6. The van der Waals surface area contributed by atoms with Gasteiger partial charge in [-0.2, -0.15) is 0 Å². The highest BCUT2D eigenvalue weighted by Crippen LogP contribution is 2.19. The molecule has 0 aliphatic heterocycles. The van der Waals surface area contributed by atoms with Crippen molar-refractivity contribution in [1.29, 1.82) is 0 Å². The van der Waals surface area contributed by atoms with E-state index in [9.17, 15) is 4.39 Å². The number of nitrogens with zero attached hydrogens (tertiary/aromatic N) is 1. The van der Waals surface area contributed by atoms with E-state index in [2.05, 4.69) is 36.1 Å². The normalized spacial score (nSPS) is 12.2. The van der Waals surface area contributed by atoms with Crippen LogP contribution in [0.15, 0.2) is 42.5 Å². The summed E-state index contributed by atoms with van der Waals surface area (Å²) in [5.74, 6) is -0.185. The minimum Gasteiger partial charge on any atom is -0.375 e. The van der Waals surface area contributed by atoms with E-state index < -0.39 is 0 Å². The zero-order chi connectivity index (χ0) is 15.4. The van der Waals surface area contributed by atoms with Crippen molar-refractivity contribution < 1.29 is 4.39 Å². The Balaban J connectivity index is 1.95. The average Bonchev–Trinajstić information content (AvgIpc) is 2.48. The van der Waals surface area contributed by atoms with Crippen molar-refractivity contribution in [2.24, 2.45) is 5.73 Å². The molecule has 2 aromatic rings. The number of halogens is 1. The summed E-state index contributed by atoms with van der Waals surface area (Å²) in [7, 11) is 2.05. The first-order valence-corrected chi connectivity index (χ1v) is 7.27. The van der Waals surface area contributed by atoms with Crippen molar-refractivity contribution in [2.75, 3.05) is 18.5 Å². The van der Waals surface area contributed by atoms with Crippen LogP contribution in [0.1, 0.15) is 29.2 Å². The van der Waals surface area contributed by atoms with E-state index >= 15 is 0 Å². The molecule has 0 fully saturated rings.